The molecule has 1 aromatic heterocycles. The smallest absolute Gasteiger partial charge is 0.342 e. The van der Waals surface area contributed by atoms with Crippen LogP contribution in [0.4, 0.5) is 5.69 Å². The minimum absolute atomic E-state index is 0.204. The van der Waals surface area contributed by atoms with Gasteiger partial charge in [0.05, 0.1) is 11.9 Å². The second-order valence-corrected chi connectivity index (χ2v) is 7.61. The van der Waals surface area contributed by atoms with Crippen molar-refractivity contribution in [2.45, 2.75) is 0 Å². The molecule has 1 aliphatic rings. The Hall–Kier alpha value is -4.85. The van der Waals surface area contributed by atoms with Gasteiger partial charge in [0, 0.05) is 33.5 Å². The van der Waals surface area contributed by atoms with E-state index in [9.17, 15) is 19.2 Å². The molecule has 5 rings (SSSR count). The van der Waals surface area contributed by atoms with Crippen LogP contribution in [0.25, 0.3) is 11.3 Å². The average Bonchev–Trinajstić information content (AvgIpc) is 3.37. The van der Waals surface area contributed by atoms with Crippen LogP contribution in [0.15, 0.2) is 79.0 Å². The predicted octanol–water partition coefficient (Wildman–Crippen LogP) is 3.65. The Morgan fingerprint density at radius 1 is 0.824 bits per heavy atom. The number of rotatable bonds is 5. The molecule has 2 N–H and O–H groups in total. The molecule has 0 aliphatic heterocycles. The molecule has 1 heterocycles. The normalized spacial score (nSPS) is 12.0. The average molecular weight is 451 g/mol. The number of carbonyl (C=O) groups excluding carboxylic acids is 4. The summed E-state index contributed by atoms with van der Waals surface area (Å²) < 4.78 is 5.15. The van der Waals surface area contributed by atoms with E-state index in [-0.39, 0.29) is 28.3 Å². The molecular weight excluding hydrogens is 434 g/mol. The number of carbonyl (C=O) groups is 4. The number of benzene rings is 3. The standard InChI is InChI=1S/C26H17N3O5/c30-22(14-34-26(33)21-13-27-29-23(21)15-6-2-1-3-7-15)28-16-10-11-19-20(12-16)25(32)18-9-5-4-8-17(18)24(19)31/h1-13H,14H2,(H,27,29)(H,28,30). The Kier molecular flexibility index (Phi) is 5.31. The van der Waals surface area contributed by atoms with E-state index in [1.54, 1.807) is 24.3 Å². The highest BCUT2D eigenvalue weighted by molar-refractivity contribution is 6.28. The third-order valence-electron chi connectivity index (χ3n) is 5.46. The van der Waals surface area contributed by atoms with Gasteiger partial charge in [-0.05, 0) is 18.2 Å². The van der Waals surface area contributed by atoms with E-state index in [2.05, 4.69) is 15.5 Å². The van der Waals surface area contributed by atoms with Crippen LogP contribution in [-0.4, -0.2) is 40.2 Å². The van der Waals surface area contributed by atoms with E-state index in [4.69, 9.17) is 4.74 Å². The predicted molar refractivity (Wildman–Crippen MR) is 123 cm³/mol. The molecule has 0 saturated carbocycles. The van der Waals surface area contributed by atoms with Crippen LogP contribution in [0.5, 0.6) is 0 Å². The highest BCUT2D eigenvalue weighted by Crippen LogP contribution is 2.29. The van der Waals surface area contributed by atoms with Crippen molar-refractivity contribution in [3.05, 3.63) is 107 Å². The number of hydrogen-bond acceptors (Lipinski definition) is 6. The summed E-state index contributed by atoms with van der Waals surface area (Å²) in [6, 6.07) is 20.2. The number of H-pyrrole nitrogens is 1. The zero-order chi connectivity index (χ0) is 23.7. The van der Waals surface area contributed by atoms with Crippen molar-refractivity contribution >= 4 is 29.1 Å². The molecule has 0 bridgehead atoms. The molecule has 8 nitrogen and oxygen atoms in total. The first-order valence-electron chi connectivity index (χ1n) is 10.4. The van der Waals surface area contributed by atoms with E-state index in [0.29, 0.717) is 22.5 Å². The summed E-state index contributed by atoms with van der Waals surface area (Å²) in [5, 5.41) is 9.26. The zero-order valence-electron chi connectivity index (χ0n) is 17.7. The monoisotopic (exact) mass is 451 g/mol. The Labute approximate surface area is 193 Å². The molecular formula is C26H17N3O5. The second kappa shape index (κ2) is 8.59. The highest BCUT2D eigenvalue weighted by Gasteiger charge is 2.29. The van der Waals surface area contributed by atoms with Crippen LogP contribution in [-0.2, 0) is 9.53 Å². The lowest BCUT2D eigenvalue weighted by molar-refractivity contribution is -0.119. The highest BCUT2D eigenvalue weighted by atomic mass is 16.5. The van der Waals surface area contributed by atoms with E-state index < -0.39 is 18.5 Å². The number of ketones is 2. The molecule has 3 aromatic carbocycles. The van der Waals surface area contributed by atoms with Gasteiger partial charge in [-0.25, -0.2) is 4.79 Å². The van der Waals surface area contributed by atoms with Crippen LogP contribution in [0, 0.1) is 0 Å². The quantitative estimate of drug-likeness (QED) is 0.394. The zero-order valence-corrected chi connectivity index (χ0v) is 17.7. The molecule has 4 aromatic rings. The Morgan fingerprint density at radius 3 is 2.21 bits per heavy atom. The fourth-order valence-electron chi connectivity index (χ4n) is 3.85. The SMILES string of the molecule is O=C(COC(=O)c1cn[nH]c1-c1ccccc1)Nc1ccc2c(c1)C(=O)c1ccccc1C2=O. The lowest BCUT2D eigenvalue weighted by atomic mass is 9.84. The molecule has 0 atom stereocenters. The van der Waals surface area contributed by atoms with Gasteiger partial charge in [0.15, 0.2) is 18.2 Å². The molecule has 1 aliphatic carbocycles. The summed E-state index contributed by atoms with van der Waals surface area (Å²) in [6.07, 6.45) is 1.34. The summed E-state index contributed by atoms with van der Waals surface area (Å²) in [5.41, 5.74) is 2.94. The number of hydrogen-bond donors (Lipinski definition) is 2. The summed E-state index contributed by atoms with van der Waals surface area (Å²) >= 11 is 0. The molecule has 8 heteroatoms. The van der Waals surface area contributed by atoms with Gasteiger partial charge in [0.1, 0.15) is 5.56 Å². The lowest BCUT2D eigenvalue weighted by Crippen LogP contribution is -2.23. The second-order valence-electron chi connectivity index (χ2n) is 7.61. The lowest BCUT2D eigenvalue weighted by Gasteiger charge is -2.18. The first kappa shape index (κ1) is 21.0. The van der Waals surface area contributed by atoms with Crippen LogP contribution >= 0.6 is 0 Å². The van der Waals surface area contributed by atoms with Crippen LogP contribution in [0.1, 0.15) is 42.2 Å². The molecule has 0 radical (unpaired) electrons. The fraction of sp³-hybridized carbons (Fsp3) is 0.0385. The largest absolute Gasteiger partial charge is 0.452 e. The van der Waals surface area contributed by atoms with Crippen LogP contribution < -0.4 is 5.32 Å². The number of ether oxygens (including phenoxy) is 1. The van der Waals surface area contributed by atoms with E-state index >= 15 is 0 Å². The fourth-order valence-corrected chi connectivity index (χ4v) is 3.85. The van der Waals surface area contributed by atoms with E-state index in [1.165, 1.54) is 24.4 Å². The Bertz CT molecular complexity index is 1460. The first-order chi connectivity index (χ1) is 16.5. The minimum atomic E-state index is -0.703. The molecule has 0 spiro atoms. The minimum Gasteiger partial charge on any atom is -0.452 e. The van der Waals surface area contributed by atoms with Crippen molar-refractivity contribution < 1.29 is 23.9 Å². The van der Waals surface area contributed by atoms with Crippen LogP contribution in [0.2, 0.25) is 0 Å². The number of fused-ring (bicyclic) bond motifs is 2. The summed E-state index contributed by atoms with van der Waals surface area (Å²) in [4.78, 5) is 50.4. The van der Waals surface area contributed by atoms with E-state index in [0.717, 1.165) is 5.56 Å². The number of amides is 1. The van der Waals surface area contributed by atoms with Gasteiger partial charge >= 0.3 is 5.97 Å². The van der Waals surface area contributed by atoms with Gasteiger partial charge in [-0.1, -0.05) is 54.6 Å². The van der Waals surface area contributed by atoms with Gasteiger partial charge in [-0.2, -0.15) is 5.10 Å². The van der Waals surface area contributed by atoms with Crippen molar-refractivity contribution in [2.24, 2.45) is 0 Å². The number of anilines is 1. The van der Waals surface area contributed by atoms with Crippen molar-refractivity contribution in [1.82, 2.24) is 10.2 Å². The maximum atomic E-state index is 12.8. The third-order valence-corrected chi connectivity index (χ3v) is 5.46. The van der Waals surface area contributed by atoms with Gasteiger partial charge in [0.25, 0.3) is 5.91 Å². The number of aromatic nitrogens is 2. The van der Waals surface area contributed by atoms with Crippen molar-refractivity contribution in [3.63, 3.8) is 0 Å². The van der Waals surface area contributed by atoms with Gasteiger partial charge in [-0.3, -0.25) is 19.5 Å². The van der Waals surface area contributed by atoms with Crippen molar-refractivity contribution in [3.8, 4) is 11.3 Å². The molecule has 0 saturated heterocycles. The molecule has 0 unspecified atom stereocenters. The van der Waals surface area contributed by atoms with Crippen molar-refractivity contribution in [1.29, 1.82) is 0 Å². The van der Waals surface area contributed by atoms with Gasteiger partial charge < -0.3 is 10.1 Å². The molecule has 34 heavy (non-hydrogen) atoms. The van der Waals surface area contributed by atoms with Crippen LogP contribution in [0.3, 0.4) is 0 Å². The maximum absolute atomic E-state index is 12.8. The van der Waals surface area contributed by atoms with Gasteiger partial charge in [-0.15, -0.1) is 0 Å². The van der Waals surface area contributed by atoms with Gasteiger partial charge in [0.2, 0.25) is 0 Å². The Morgan fingerprint density at radius 2 is 1.47 bits per heavy atom. The number of nitrogens with zero attached hydrogens (tertiary/aromatic N) is 1. The summed E-state index contributed by atoms with van der Waals surface area (Å²) in [5.74, 6) is -1.83. The Balaban J connectivity index is 1.27. The molecule has 166 valence electrons. The number of nitrogens with one attached hydrogen (secondary N) is 2. The summed E-state index contributed by atoms with van der Waals surface area (Å²) in [7, 11) is 0. The van der Waals surface area contributed by atoms with Crippen molar-refractivity contribution in [2.75, 3.05) is 11.9 Å². The topological polar surface area (TPSA) is 118 Å². The van der Waals surface area contributed by atoms with E-state index in [1.807, 2.05) is 30.3 Å². The number of esters is 1. The molecule has 0 fully saturated rings. The maximum Gasteiger partial charge on any atom is 0.342 e. The number of aromatic amines is 1. The third kappa shape index (κ3) is 3.77. The molecule has 1 amide bonds. The first-order valence-corrected chi connectivity index (χ1v) is 10.4. The summed E-state index contributed by atoms with van der Waals surface area (Å²) in [6.45, 7) is -0.537.